The van der Waals surface area contributed by atoms with Crippen molar-refractivity contribution in [1.82, 2.24) is 9.88 Å². The third kappa shape index (κ3) is 3.49. The Morgan fingerprint density at radius 2 is 2.18 bits per heavy atom. The SMILES string of the molecule is CN(Cc1cncc(F)c1)C1CCCCC1Br. The van der Waals surface area contributed by atoms with Gasteiger partial charge >= 0.3 is 0 Å². The van der Waals surface area contributed by atoms with Crippen molar-refractivity contribution in [3.05, 3.63) is 29.8 Å². The molecule has 1 heterocycles. The molecule has 1 aliphatic rings. The van der Waals surface area contributed by atoms with Crippen molar-refractivity contribution in [1.29, 1.82) is 0 Å². The third-order valence-corrected chi connectivity index (χ3v) is 4.48. The van der Waals surface area contributed by atoms with Gasteiger partial charge in [-0.25, -0.2) is 4.39 Å². The van der Waals surface area contributed by atoms with Gasteiger partial charge in [-0.2, -0.15) is 0 Å². The van der Waals surface area contributed by atoms with E-state index in [9.17, 15) is 4.39 Å². The van der Waals surface area contributed by atoms with E-state index in [1.165, 1.54) is 31.9 Å². The van der Waals surface area contributed by atoms with Gasteiger partial charge in [0.1, 0.15) is 5.82 Å². The van der Waals surface area contributed by atoms with Crippen molar-refractivity contribution in [2.45, 2.75) is 43.1 Å². The molecule has 0 radical (unpaired) electrons. The lowest BCUT2D eigenvalue weighted by molar-refractivity contribution is 0.192. The number of aromatic nitrogens is 1. The van der Waals surface area contributed by atoms with E-state index >= 15 is 0 Å². The Kier molecular flexibility index (Phi) is 4.51. The first-order chi connectivity index (χ1) is 8.16. The monoisotopic (exact) mass is 300 g/mol. The van der Waals surface area contributed by atoms with Gasteiger partial charge in [0.05, 0.1) is 6.20 Å². The Bertz CT molecular complexity index is 372. The van der Waals surface area contributed by atoms with Gasteiger partial charge in [-0.3, -0.25) is 9.88 Å². The number of halogens is 2. The maximum absolute atomic E-state index is 13.0. The summed E-state index contributed by atoms with van der Waals surface area (Å²) in [5.74, 6) is -0.255. The summed E-state index contributed by atoms with van der Waals surface area (Å²) >= 11 is 3.75. The summed E-state index contributed by atoms with van der Waals surface area (Å²) in [4.78, 5) is 6.75. The van der Waals surface area contributed by atoms with Crippen LogP contribution in [0, 0.1) is 5.82 Å². The molecule has 2 unspecified atom stereocenters. The molecule has 1 fully saturated rings. The summed E-state index contributed by atoms with van der Waals surface area (Å²) in [6.07, 6.45) is 8.04. The average molecular weight is 301 g/mol. The van der Waals surface area contributed by atoms with Gasteiger partial charge in [-0.05, 0) is 31.5 Å². The maximum Gasteiger partial charge on any atom is 0.141 e. The minimum Gasteiger partial charge on any atom is -0.298 e. The number of rotatable bonds is 3. The molecule has 0 spiro atoms. The predicted molar refractivity (Wildman–Crippen MR) is 70.6 cm³/mol. The van der Waals surface area contributed by atoms with E-state index in [0.29, 0.717) is 10.9 Å². The Morgan fingerprint density at radius 1 is 1.41 bits per heavy atom. The zero-order valence-corrected chi connectivity index (χ0v) is 11.7. The molecule has 1 aromatic heterocycles. The second kappa shape index (κ2) is 5.91. The first-order valence-electron chi connectivity index (χ1n) is 6.10. The van der Waals surface area contributed by atoms with Crippen molar-refractivity contribution in [3.63, 3.8) is 0 Å². The van der Waals surface area contributed by atoms with E-state index < -0.39 is 0 Å². The lowest BCUT2D eigenvalue weighted by atomic mass is 9.94. The van der Waals surface area contributed by atoms with Crippen LogP contribution >= 0.6 is 15.9 Å². The number of hydrogen-bond donors (Lipinski definition) is 0. The lowest BCUT2D eigenvalue weighted by Gasteiger charge is -2.35. The Balaban J connectivity index is 1.98. The fraction of sp³-hybridized carbons (Fsp3) is 0.615. The van der Waals surface area contributed by atoms with Crippen LogP contribution in [0.1, 0.15) is 31.2 Å². The van der Waals surface area contributed by atoms with E-state index in [1.54, 1.807) is 12.3 Å². The highest BCUT2D eigenvalue weighted by Crippen LogP contribution is 2.28. The molecule has 1 aliphatic carbocycles. The summed E-state index contributed by atoms with van der Waals surface area (Å²) in [5.41, 5.74) is 0.942. The summed E-state index contributed by atoms with van der Waals surface area (Å²) in [7, 11) is 2.11. The molecule has 0 aliphatic heterocycles. The molecule has 0 amide bonds. The molecule has 0 bridgehead atoms. The topological polar surface area (TPSA) is 16.1 Å². The Labute approximate surface area is 110 Å². The summed E-state index contributed by atoms with van der Waals surface area (Å²) in [6.45, 7) is 0.761. The van der Waals surface area contributed by atoms with Crippen molar-refractivity contribution in [3.8, 4) is 0 Å². The van der Waals surface area contributed by atoms with Crippen molar-refractivity contribution in [2.75, 3.05) is 7.05 Å². The minimum atomic E-state index is -0.255. The fourth-order valence-electron chi connectivity index (χ4n) is 2.51. The molecule has 2 nitrogen and oxygen atoms in total. The molecular formula is C13H18BrFN2. The molecular weight excluding hydrogens is 283 g/mol. The van der Waals surface area contributed by atoms with Gasteiger partial charge in [-0.15, -0.1) is 0 Å². The van der Waals surface area contributed by atoms with Crippen LogP contribution in [0.15, 0.2) is 18.5 Å². The van der Waals surface area contributed by atoms with Crippen LogP contribution < -0.4 is 0 Å². The highest BCUT2D eigenvalue weighted by Gasteiger charge is 2.26. The zero-order chi connectivity index (χ0) is 12.3. The molecule has 94 valence electrons. The predicted octanol–water partition coefficient (Wildman–Crippen LogP) is 3.36. The van der Waals surface area contributed by atoms with Crippen LogP contribution in [-0.2, 0) is 6.54 Å². The molecule has 2 rings (SSSR count). The maximum atomic E-state index is 13.0. The second-order valence-electron chi connectivity index (χ2n) is 4.79. The van der Waals surface area contributed by atoms with E-state index in [1.807, 2.05) is 0 Å². The number of pyridine rings is 1. The van der Waals surface area contributed by atoms with E-state index in [-0.39, 0.29) is 5.82 Å². The number of alkyl halides is 1. The smallest absolute Gasteiger partial charge is 0.141 e. The second-order valence-corrected chi connectivity index (χ2v) is 5.97. The number of hydrogen-bond acceptors (Lipinski definition) is 2. The van der Waals surface area contributed by atoms with E-state index in [4.69, 9.17) is 0 Å². The summed E-state index contributed by atoms with van der Waals surface area (Å²) in [6, 6.07) is 2.11. The highest BCUT2D eigenvalue weighted by atomic mass is 79.9. The zero-order valence-electron chi connectivity index (χ0n) is 10.1. The first kappa shape index (κ1) is 13.0. The minimum absolute atomic E-state index is 0.255. The molecule has 4 heteroatoms. The summed E-state index contributed by atoms with van der Waals surface area (Å²) < 4.78 is 13.0. The van der Waals surface area contributed by atoms with Crippen LogP contribution in [0.5, 0.6) is 0 Å². The molecule has 2 atom stereocenters. The van der Waals surface area contributed by atoms with Gasteiger partial charge in [0.2, 0.25) is 0 Å². The largest absolute Gasteiger partial charge is 0.298 e. The molecule has 1 aromatic rings. The van der Waals surface area contributed by atoms with Crippen LogP contribution in [0.3, 0.4) is 0 Å². The Hall–Kier alpha value is -0.480. The Morgan fingerprint density at radius 3 is 2.88 bits per heavy atom. The van der Waals surface area contributed by atoms with Gasteiger partial charge in [0.15, 0.2) is 0 Å². The fourth-order valence-corrected chi connectivity index (χ4v) is 3.50. The summed E-state index contributed by atoms with van der Waals surface area (Å²) in [5, 5.41) is 0. The quantitative estimate of drug-likeness (QED) is 0.796. The van der Waals surface area contributed by atoms with Crippen molar-refractivity contribution >= 4 is 15.9 Å². The third-order valence-electron chi connectivity index (χ3n) is 3.41. The van der Waals surface area contributed by atoms with Crippen LogP contribution in [-0.4, -0.2) is 27.8 Å². The molecule has 0 N–H and O–H groups in total. The van der Waals surface area contributed by atoms with Crippen LogP contribution in [0.2, 0.25) is 0 Å². The van der Waals surface area contributed by atoms with E-state index in [0.717, 1.165) is 12.1 Å². The average Bonchev–Trinajstić information content (AvgIpc) is 2.29. The molecule has 0 aromatic carbocycles. The van der Waals surface area contributed by atoms with Crippen LogP contribution in [0.4, 0.5) is 4.39 Å². The van der Waals surface area contributed by atoms with Crippen molar-refractivity contribution < 1.29 is 4.39 Å². The van der Waals surface area contributed by atoms with Gasteiger partial charge in [0.25, 0.3) is 0 Å². The normalized spacial score (nSPS) is 25.2. The molecule has 1 saturated carbocycles. The highest BCUT2D eigenvalue weighted by molar-refractivity contribution is 9.09. The first-order valence-corrected chi connectivity index (χ1v) is 7.02. The van der Waals surface area contributed by atoms with Crippen LogP contribution in [0.25, 0.3) is 0 Å². The van der Waals surface area contributed by atoms with Gasteiger partial charge in [0, 0.05) is 23.6 Å². The van der Waals surface area contributed by atoms with Crippen molar-refractivity contribution in [2.24, 2.45) is 0 Å². The lowest BCUT2D eigenvalue weighted by Crippen LogP contribution is -2.40. The number of nitrogens with zero attached hydrogens (tertiary/aromatic N) is 2. The van der Waals surface area contributed by atoms with E-state index in [2.05, 4.69) is 32.9 Å². The van der Waals surface area contributed by atoms with Gasteiger partial charge in [-0.1, -0.05) is 28.8 Å². The molecule has 0 saturated heterocycles. The molecule has 17 heavy (non-hydrogen) atoms. The standard InChI is InChI=1S/C13H18BrFN2/c1-17(13-5-3-2-4-12(13)14)9-10-6-11(15)8-16-7-10/h6-8,12-13H,2-5,9H2,1H3. The van der Waals surface area contributed by atoms with Gasteiger partial charge < -0.3 is 0 Å².